The highest BCUT2D eigenvalue weighted by Crippen LogP contribution is 2.15. The highest BCUT2D eigenvalue weighted by molar-refractivity contribution is 5.94. The number of carbonyl (C=O) groups excluding carboxylic acids is 2. The van der Waals surface area contributed by atoms with Crippen LogP contribution in [0, 0.1) is 0 Å². The monoisotopic (exact) mass is 329 g/mol. The molecule has 2 heterocycles. The molecular formula is C18H23N3O3. The molecule has 6 nitrogen and oxygen atoms in total. The number of hydrogen-bond donors (Lipinski definition) is 1. The standard InChI is InChI=1S/C18H23N3O3/c1-2-15-11-16(24-20-15)17(22)19-12-13-5-7-14(8-6-13)18(23)21-9-3-4-10-21/h5-8,16H,2-4,9-12H2,1H3,(H,19,22)/t16-/m1/s1. The van der Waals surface area contributed by atoms with Crippen molar-refractivity contribution in [2.75, 3.05) is 13.1 Å². The Hall–Kier alpha value is -2.37. The lowest BCUT2D eigenvalue weighted by Crippen LogP contribution is -2.34. The van der Waals surface area contributed by atoms with Crippen molar-refractivity contribution in [1.82, 2.24) is 10.2 Å². The number of likely N-dealkylation sites (tertiary alicyclic amines) is 1. The number of carbonyl (C=O) groups is 2. The Morgan fingerprint density at radius 1 is 1.25 bits per heavy atom. The van der Waals surface area contributed by atoms with Gasteiger partial charge >= 0.3 is 0 Å². The maximum absolute atomic E-state index is 12.3. The fraction of sp³-hybridized carbons (Fsp3) is 0.500. The third-order valence-electron chi connectivity index (χ3n) is 4.49. The lowest BCUT2D eigenvalue weighted by atomic mass is 10.1. The van der Waals surface area contributed by atoms with E-state index in [2.05, 4.69) is 10.5 Å². The highest BCUT2D eigenvalue weighted by Gasteiger charge is 2.26. The van der Waals surface area contributed by atoms with Crippen LogP contribution in [0.5, 0.6) is 0 Å². The molecule has 1 atom stereocenters. The SMILES string of the molecule is CCC1=NO[C@@H](C(=O)NCc2ccc(C(=O)N3CCCC3)cc2)C1. The predicted octanol–water partition coefficient (Wildman–Crippen LogP) is 2.09. The van der Waals surface area contributed by atoms with E-state index in [9.17, 15) is 9.59 Å². The Morgan fingerprint density at radius 3 is 2.58 bits per heavy atom. The zero-order chi connectivity index (χ0) is 16.9. The van der Waals surface area contributed by atoms with Crippen LogP contribution in [0.3, 0.4) is 0 Å². The van der Waals surface area contributed by atoms with Crippen molar-refractivity contribution in [3.05, 3.63) is 35.4 Å². The van der Waals surface area contributed by atoms with E-state index < -0.39 is 6.10 Å². The Balaban J connectivity index is 1.49. The first-order chi connectivity index (χ1) is 11.7. The van der Waals surface area contributed by atoms with Gasteiger partial charge in [0.15, 0.2) is 0 Å². The fourth-order valence-corrected chi connectivity index (χ4v) is 2.95. The number of amides is 2. The van der Waals surface area contributed by atoms with E-state index in [0.717, 1.165) is 43.6 Å². The second kappa shape index (κ2) is 7.47. The van der Waals surface area contributed by atoms with Gasteiger partial charge in [-0.3, -0.25) is 9.59 Å². The summed E-state index contributed by atoms with van der Waals surface area (Å²) in [4.78, 5) is 31.4. The van der Waals surface area contributed by atoms with Crippen molar-refractivity contribution < 1.29 is 14.4 Å². The average molecular weight is 329 g/mol. The summed E-state index contributed by atoms with van der Waals surface area (Å²) in [5.74, 6) is -0.0638. The second-order valence-corrected chi connectivity index (χ2v) is 6.22. The van der Waals surface area contributed by atoms with Crippen LogP contribution in [0.15, 0.2) is 29.4 Å². The molecule has 128 valence electrons. The number of benzene rings is 1. The van der Waals surface area contributed by atoms with E-state index in [1.54, 1.807) is 0 Å². The summed E-state index contributed by atoms with van der Waals surface area (Å²) in [6, 6.07) is 7.42. The summed E-state index contributed by atoms with van der Waals surface area (Å²) >= 11 is 0. The molecule has 0 unspecified atom stereocenters. The fourth-order valence-electron chi connectivity index (χ4n) is 2.95. The zero-order valence-corrected chi connectivity index (χ0v) is 14.0. The van der Waals surface area contributed by atoms with Gasteiger partial charge in [-0.1, -0.05) is 24.2 Å². The number of nitrogens with zero attached hydrogens (tertiary/aromatic N) is 2. The summed E-state index contributed by atoms with van der Waals surface area (Å²) in [5.41, 5.74) is 2.57. The van der Waals surface area contributed by atoms with Crippen molar-refractivity contribution in [3.63, 3.8) is 0 Å². The number of nitrogens with one attached hydrogen (secondary N) is 1. The molecule has 3 rings (SSSR count). The van der Waals surface area contributed by atoms with E-state index in [1.807, 2.05) is 36.1 Å². The number of hydrogen-bond acceptors (Lipinski definition) is 4. The topological polar surface area (TPSA) is 71.0 Å². The molecule has 0 saturated carbocycles. The van der Waals surface area contributed by atoms with Gasteiger partial charge in [0.05, 0.1) is 5.71 Å². The average Bonchev–Trinajstić information content (AvgIpc) is 3.30. The normalized spacial score (nSPS) is 19.8. The van der Waals surface area contributed by atoms with E-state index in [1.165, 1.54) is 0 Å². The lowest BCUT2D eigenvalue weighted by Gasteiger charge is -2.15. The predicted molar refractivity (Wildman–Crippen MR) is 90.6 cm³/mol. The first kappa shape index (κ1) is 16.5. The third kappa shape index (κ3) is 3.75. The molecule has 2 aliphatic rings. The van der Waals surface area contributed by atoms with Gasteiger partial charge in [0.2, 0.25) is 6.10 Å². The summed E-state index contributed by atoms with van der Waals surface area (Å²) in [7, 11) is 0. The number of oxime groups is 1. The third-order valence-corrected chi connectivity index (χ3v) is 4.49. The quantitative estimate of drug-likeness (QED) is 0.899. The lowest BCUT2D eigenvalue weighted by molar-refractivity contribution is -0.131. The van der Waals surface area contributed by atoms with Crippen LogP contribution in [0.1, 0.15) is 48.5 Å². The highest BCUT2D eigenvalue weighted by atomic mass is 16.6. The minimum atomic E-state index is -0.518. The van der Waals surface area contributed by atoms with E-state index in [0.29, 0.717) is 18.5 Å². The summed E-state index contributed by atoms with van der Waals surface area (Å²) < 4.78 is 0. The summed E-state index contributed by atoms with van der Waals surface area (Å²) in [5, 5.41) is 6.75. The van der Waals surface area contributed by atoms with Gasteiger partial charge < -0.3 is 15.1 Å². The maximum Gasteiger partial charge on any atom is 0.264 e. The van der Waals surface area contributed by atoms with Crippen LogP contribution in [-0.4, -0.2) is 41.6 Å². The van der Waals surface area contributed by atoms with Crippen LogP contribution in [0.2, 0.25) is 0 Å². The molecular weight excluding hydrogens is 306 g/mol. The molecule has 1 N–H and O–H groups in total. The Morgan fingerprint density at radius 2 is 1.96 bits per heavy atom. The van der Waals surface area contributed by atoms with Crippen molar-refractivity contribution in [2.45, 2.75) is 45.3 Å². The van der Waals surface area contributed by atoms with Gasteiger partial charge in [0.1, 0.15) is 0 Å². The van der Waals surface area contributed by atoms with E-state index in [4.69, 9.17) is 4.84 Å². The van der Waals surface area contributed by atoms with Crippen LogP contribution in [0.25, 0.3) is 0 Å². The number of rotatable bonds is 5. The van der Waals surface area contributed by atoms with Gasteiger partial charge in [-0.25, -0.2) is 0 Å². The van der Waals surface area contributed by atoms with Gasteiger partial charge in [-0.15, -0.1) is 0 Å². The molecule has 0 radical (unpaired) electrons. The Bertz CT molecular complexity index is 633. The summed E-state index contributed by atoms with van der Waals surface area (Å²) in [6.45, 7) is 4.10. The van der Waals surface area contributed by atoms with Gasteiger partial charge in [0.25, 0.3) is 11.8 Å². The van der Waals surface area contributed by atoms with Crippen LogP contribution in [0.4, 0.5) is 0 Å². The molecule has 2 aliphatic heterocycles. The van der Waals surface area contributed by atoms with E-state index in [-0.39, 0.29) is 11.8 Å². The van der Waals surface area contributed by atoms with Crippen molar-refractivity contribution in [3.8, 4) is 0 Å². The van der Waals surface area contributed by atoms with Gasteiger partial charge in [-0.2, -0.15) is 0 Å². The van der Waals surface area contributed by atoms with Gasteiger partial charge in [-0.05, 0) is 37.0 Å². The van der Waals surface area contributed by atoms with Crippen LogP contribution >= 0.6 is 0 Å². The molecule has 6 heteroatoms. The molecule has 24 heavy (non-hydrogen) atoms. The smallest absolute Gasteiger partial charge is 0.264 e. The molecule has 0 bridgehead atoms. The molecule has 1 aromatic rings. The largest absolute Gasteiger partial charge is 0.382 e. The van der Waals surface area contributed by atoms with Gasteiger partial charge in [0, 0.05) is 31.6 Å². The molecule has 2 amide bonds. The van der Waals surface area contributed by atoms with E-state index >= 15 is 0 Å². The zero-order valence-electron chi connectivity index (χ0n) is 14.0. The molecule has 0 aromatic heterocycles. The Labute approximate surface area is 141 Å². The Kier molecular flexibility index (Phi) is 5.13. The molecule has 1 aromatic carbocycles. The van der Waals surface area contributed by atoms with Crippen molar-refractivity contribution >= 4 is 17.5 Å². The minimum absolute atomic E-state index is 0.0895. The molecule has 0 aliphatic carbocycles. The molecule has 1 fully saturated rings. The minimum Gasteiger partial charge on any atom is -0.382 e. The van der Waals surface area contributed by atoms with Crippen LogP contribution in [-0.2, 0) is 16.2 Å². The van der Waals surface area contributed by atoms with Crippen molar-refractivity contribution in [1.29, 1.82) is 0 Å². The first-order valence-corrected chi connectivity index (χ1v) is 8.55. The van der Waals surface area contributed by atoms with Crippen molar-refractivity contribution in [2.24, 2.45) is 5.16 Å². The molecule has 0 spiro atoms. The maximum atomic E-state index is 12.3. The first-order valence-electron chi connectivity index (χ1n) is 8.55. The molecule has 1 saturated heterocycles. The second-order valence-electron chi connectivity index (χ2n) is 6.22. The van der Waals surface area contributed by atoms with Crippen LogP contribution < -0.4 is 5.32 Å². The summed E-state index contributed by atoms with van der Waals surface area (Å²) in [6.07, 6.45) is 3.02.